The van der Waals surface area contributed by atoms with E-state index in [0.29, 0.717) is 11.8 Å². The fourth-order valence-electron chi connectivity index (χ4n) is 7.18. The van der Waals surface area contributed by atoms with Gasteiger partial charge in [0.15, 0.2) is 11.7 Å². The van der Waals surface area contributed by atoms with Gasteiger partial charge in [0, 0.05) is 18.8 Å². The van der Waals surface area contributed by atoms with Crippen molar-refractivity contribution in [3.63, 3.8) is 0 Å². The van der Waals surface area contributed by atoms with Gasteiger partial charge in [-0.1, -0.05) is 80.6 Å². The lowest BCUT2D eigenvalue weighted by molar-refractivity contribution is -0.960. The first-order valence-corrected chi connectivity index (χ1v) is 13.9. The molecular weight excluding hydrogens is 448 g/mol. The SMILES string of the molecule is [O-][C@](c1ccccc1)(c1ncc(C[N+]23CCC(CC2)[C@H](COc2ccccc2)C3)o1)C1CCCCC1. The highest BCUT2D eigenvalue weighted by Gasteiger charge is 2.47. The Hall–Kier alpha value is -2.63. The average molecular weight is 487 g/mol. The molecule has 3 aromatic rings. The summed E-state index contributed by atoms with van der Waals surface area (Å²) in [6.45, 7) is 5.04. The molecule has 1 aliphatic carbocycles. The van der Waals surface area contributed by atoms with Gasteiger partial charge in [-0.2, -0.15) is 0 Å². The Labute approximate surface area is 214 Å². The molecule has 190 valence electrons. The Morgan fingerprint density at radius 2 is 1.61 bits per heavy atom. The molecule has 0 N–H and O–H groups in total. The second-order valence-corrected chi connectivity index (χ2v) is 11.4. The summed E-state index contributed by atoms with van der Waals surface area (Å²) in [7, 11) is 0. The number of rotatable bonds is 8. The molecule has 3 aliphatic heterocycles. The maximum atomic E-state index is 14.6. The molecule has 5 heteroatoms. The normalized spacial score (nSPS) is 28.0. The number of ether oxygens (including phenoxy) is 1. The fraction of sp³-hybridized carbons (Fsp3) is 0.516. The summed E-state index contributed by atoms with van der Waals surface area (Å²) in [6.07, 6.45) is 9.65. The number of hydrogen-bond donors (Lipinski definition) is 0. The molecule has 2 bridgehead atoms. The summed E-state index contributed by atoms with van der Waals surface area (Å²) in [5.74, 6) is 3.51. The number of aromatic nitrogens is 1. The molecule has 4 fully saturated rings. The van der Waals surface area contributed by atoms with E-state index in [1.165, 1.54) is 32.4 Å². The monoisotopic (exact) mass is 486 g/mol. The van der Waals surface area contributed by atoms with Gasteiger partial charge in [0.2, 0.25) is 0 Å². The molecule has 0 spiro atoms. The lowest BCUT2D eigenvalue weighted by Gasteiger charge is -2.52. The van der Waals surface area contributed by atoms with Crippen molar-refractivity contribution in [2.75, 3.05) is 26.2 Å². The van der Waals surface area contributed by atoms with Gasteiger partial charge in [-0.15, -0.1) is 0 Å². The van der Waals surface area contributed by atoms with Crippen LogP contribution < -0.4 is 9.84 Å². The van der Waals surface area contributed by atoms with Crippen molar-refractivity contribution in [3.8, 4) is 5.75 Å². The lowest BCUT2D eigenvalue weighted by atomic mass is 9.73. The highest BCUT2D eigenvalue weighted by atomic mass is 16.5. The van der Waals surface area contributed by atoms with Crippen molar-refractivity contribution in [1.29, 1.82) is 0 Å². The molecule has 2 aromatic carbocycles. The topological polar surface area (TPSA) is 58.3 Å². The van der Waals surface area contributed by atoms with Crippen molar-refractivity contribution < 1.29 is 18.7 Å². The third-order valence-corrected chi connectivity index (χ3v) is 9.19. The Kier molecular flexibility index (Phi) is 6.61. The molecule has 4 aliphatic rings. The van der Waals surface area contributed by atoms with Gasteiger partial charge in [0.1, 0.15) is 12.3 Å². The molecule has 1 aromatic heterocycles. The van der Waals surface area contributed by atoms with Gasteiger partial charge in [-0.25, -0.2) is 4.98 Å². The molecule has 4 heterocycles. The maximum absolute atomic E-state index is 14.6. The van der Waals surface area contributed by atoms with E-state index < -0.39 is 5.60 Å². The molecular formula is C31H38N2O3. The predicted octanol–water partition coefficient (Wildman–Crippen LogP) is 5.29. The molecule has 0 amide bonds. The summed E-state index contributed by atoms with van der Waals surface area (Å²) in [6, 6.07) is 20.0. The van der Waals surface area contributed by atoms with Crippen molar-refractivity contribution in [1.82, 2.24) is 4.98 Å². The summed E-state index contributed by atoms with van der Waals surface area (Å²) in [5, 5.41) is 14.6. The van der Waals surface area contributed by atoms with Crippen molar-refractivity contribution >= 4 is 0 Å². The van der Waals surface area contributed by atoms with Crippen molar-refractivity contribution in [2.24, 2.45) is 17.8 Å². The molecule has 5 nitrogen and oxygen atoms in total. The van der Waals surface area contributed by atoms with Gasteiger partial charge in [0.05, 0.1) is 32.4 Å². The summed E-state index contributed by atoms with van der Waals surface area (Å²) in [4.78, 5) is 4.66. The summed E-state index contributed by atoms with van der Waals surface area (Å²) in [5.41, 5.74) is -0.629. The number of para-hydroxylation sites is 1. The zero-order chi connectivity index (χ0) is 24.4. The van der Waals surface area contributed by atoms with Crippen molar-refractivity contribution in [2.45, 2.75) is 57.1 Å². The van der Waals surface area contributed by atoms with Crippen LogP contribution >= 0.6 is 0 Å². The number of benzene rings is 2. The maximum Gasteiger partial charge on any atom is 0.188 e. The van der Waals surface area contributed by atoms with Crippen LogP contribution in [0.15, 0.2) is 71.3 Å². The number of oxazole rings is 1. The van der Waals surface area contributed by atoms with E-state index in [2.05, 4.69) is 4.98 Å². The fourth-order valence-corrected chi connectivity index (χ4v) is 7.18. The van der Waals surface area contributed by atoms with Crippen LogP contribution in [0.1, 0.15) is 62.2 Å². The van der Waals surface area contributed by atoms with E-state index in [0.717, 1.165) is 72.9 Å². The number of nitrogens with zero attached hydrogens (tertiary/aromatic N) is 2. The van der Waals surface area contributed by atoms with E-state index in [1.807, 2.05) is 66.9 Å². The molecule has 0 radical (unpaired) electrons. The van der Waals surface area contributed by atoms with Crippen LogP contribution in [0.3, 0.4) is 0 Å². The standard InChI is InChI=1S/C31H38N2O3/c34-31(26-10-4-1-5-11-26,27-12-6-2-7-13-27)30-32-20-29(36-30)22-33-18-16-24(17-19-33)25(21-33)23-35-28-14-8-3-9-15-28/h1,3-5,8-11,14-15,20,24-25,27H,2,6-7,12-13,16-19,21-23H2/t24?,25-,31-,33?/m0/s1. The van der Waals surface area contributed by atoms with Crippen LogP contribution in [0.25, 0.3) is 0 Å². The number of quaternary nitrogens is 1. The highest BCUT2D eigenvalue weighted by Crippen LogP contribution is 2.43. The second kappa shape index (κ2) is 10.0. The number of fused-ring (bicyclic) bond motifs is 3. The number of hydrogen-bond acceptors (Lipinski definition) is 4. The zero-order valence-corrected chi connectivity index (χ0v) is 21.2. The number of piperidine rings is 3. The van der Waals surface area contributed by atoms with Crippen LogP contribution in [-0.2, 0) is 12.1 Å². The van der Waals surface area contributed by atoms with Crippen LogP contribution in [0.5, 0.6) is 5.75 Å². The van der Waals surface area contributed by atoms with E-state index in [4.69, 9.17) is 9.15 Å². The van der Waals surface area contributed by atoms with Crippen LogP contribution in [0.4, 0.5) is 0 Å². The van der Waals surface area contributed by atoms with E-state index in [9.17, 15) is 5.11 Å². The van der Waals surface area contributed by atoms with E-state index >= 15 is 0 Å². The van der Waals surface area contributed by atoms with Gasteiger partial charge >= 0.3 is 0 Å². The minimum atomic E-state index is -1.42. The van der Waals surface area contributed by atoms with Crippen LogP contribution in [0.2, 0.25) is 0 Å². The molecule has 7 rings (SSSR count). The first kappa shape index (κ1) is 23.7. The molecule has 3 saturated heterocycles. The minimum Gasteiger partial charge on any atom is -0.839 e. The van der Waals surface area contributed by atoms with Gasteiger partial charge in [-0.3, -0.25) is 0 Å². The minimum absolute atomic E-state index is 0.0254. The third-order valence-electron chi connectivity index (χ3n) is 9.19. The lowest BCUT2D eigenvalue weighted by Crippen LogP contribution is -2.62. The largest absolute Gasteiger partial charge is 0.839 e. The molecule has 0 unspecified atom stereocenters. The highest BCUT2D eigenvalue weighted by molar-refractivity contribution is 5.29. The first-order valence-electron chi connectivity index (χ1n) is 13.9. The summed E-state index contributed by atoms with van der Waals surface area (Å²) < 4.78 is 13.6. The smallest absolute Gasteiger partial charge is 0.188 e. The Morgan fingerprint density at radius 3 is 2.33 bits per heavy atom. The van der Waals surface area contributed by atoms with E-state index in [1.54, 1.807) is 0 Å². The van der Waals surface area contributed by atoms with Gasteiger partial charge in [0.25, 0.3) is 0 Å². The Bertz CT molecular complexity index is 1120. The Morgan fingerprint density at radius 1 is 0.917 bits per heavy atom. The average Bonchev–Trinajstić information content (AvgIpc) is 3.42. The quantitative estimate of drug-likeness (QED) is 0.406. The molecule has 1 saturated carbocycles. The molecule has 2 atom stereocenters. The van der Waals surface area contributed by atoms with Gasteiger partial charge < -0.3 is 18.7 Å². The predicted molar refractivity (Wildman–Crippen MR) is 137 cm³/mol. The zero-order valence-electron chi connectivity index (χ0n) is 21.2. The van der Waals surface area contributed by atoms with Crippen molar-refractivity contribution in [3.05, 3.63) is 84.1 Å². The van der Waals surface area contributed by atoms with E-state index in [-0.39, 0.29) is 5.92 Å². The summed E-state index contributed by atoms with van der Waals surface area (Å²) >= 11 is 0. The van der Waals surface area contributed by atoms with Crippen LogP contribution in [0, 0.1) is 17.8 Å². The first-order chi connectivity index (χ1) is 17.6. The van der Waals surface area contributed by atoms with Gasteiger partial charge in [-0.05, 0) is 35.1 Å². The Balaban J connectivity index is 1.20. The second-order valence-electron chi connectivity index (χ2n) is 11.4. The molecule has 36 heavy (non-hydrogen) atoms. The van der Waals surface area contributed by atoms with Crippen LogP contribution in [-0.4, -0.2) is 35.7 Å². The third kappa shape index (κ3) is 4.59.